The molecule has 0 spiro atoms. The van der Waals surface area contributed by atoms with E-state index in [4.69, 9.17) is 0 Å². The van der Waals surface area contributed by atoms with E-state index in [0.29, 0.717) is 0 Å². The van der Waals surface area contributed by atoms with Crippen LogP contribution < -0.4 is 0 Å². The fourth-order valence-electron chi connectivity index (χ4n) is 1.00. The van der Waals surface area contributed by atoms with Crippen molar-refractivity contribution in [3.8, 4) is 0 Å². The summed E-state index contributed by atoms with van der Waals surface area (Å²) in [6.45, 7) is 8.74. The fourth-order valence-corrected chi connectivity index (χ4v) is 1.00. The van der Waals surface area contributed by atoms with Gasteiger partial charge in [0.1, 0.15) is 0 Å². The Morgan fingerprint density at radius 1 is 1.00 bits per heavy atom. The van der Waals surface area contributed by atoms with Crippen LogP contribution in [0.4, 0.5) is 0 Å². The van der Waals surface area contributed by atoms with Gasteiger partial charge >= 0.3 is 0 Å². The Balaban J connectivity index is 3.39. The molecule has 0 aliphatic heterocycles. The van der Waals surface area contributed by atoms with Crippen molar-refractivity contribution in [2.75, 3.05) is 0 Å². The van der Waals surface area contributed by atoms with Crippen LogP contribution in [-0.4, -0.2) is 0 Å². The molecule has 0 amide bonds. The molecule has 0 nitrogen and oxygen atoms in total. The van der Waals surface area contributed by atoms with Crippen LogP contribution in [0.2, 0.25) is 0 Å². The molecule has 0 aromatic heterocycles. The minimum Gasteiger partial charge on any atom is -0.0859 e. The lowest BCUT2D eigenvalue weighted by Crippen LogP contribution is -1.75. The molecule has 70 valence electrons. The Bertz CT molecular complexity index is 157. The molecule has 0 heteroatoms. The van der Waals surface area contributed by atoms with Crippen molar-refractivity contribution in [3.05, 3.63) is 23.3 Å². The summed E-state index contributed by atoms with van der Waals surface area (Å²) in [6, 6.07) is 0. The van der Waals surface area contributed by atoms with Gasteiger partial charge in [-0.1, -0.05) is 30.2 Å². The third-order valence-electron chi connectivity index (χ3n) is 2.01. The summed E-state index contributed by atoms with van der Waals surface area (Å²) < 4.78 is 0. The van der Waals surface area contributed by atoms with Gasteiger partial charge in [-0.05, 0) is 46.5 Å². The third-order valence-corrected chi connectivity index (χ3v) is 2.01. The first-order chi connectivity index (χ1) is 5.66. The van der Waals surface area contributed by atoms with Gasteiger partial charge in [-0.15, -0.1) is 0 Å². The van der Waals surface area contributed by atoms with E-state index in [1.807, 2.05) is 0 Å². The van der Waals surface area contributed by atoms with Crippen molar-refractivity contribution in [1.29, 1.82) is 0 Å². The second kappa shape index (κ2) is 7.15. The molecular formula is C12H22. The van der Waals surface area contributed by atoms with E-state index in [1.54, 1.807) is 0 Å². The van der Waals surface area contributed by atoms with Gasteiger partial charge in [-0.25, -0.2) is 0 Å². The zero-order valence-electron chi connectivity index (χ0n) is 8.98. The Morgan fingerprint density at radius 3 is 2.08 bits per heavy atom. The Hall–Kier alpha value is -0.520. The monoisotopic (exact) mass is 166 g/mol. The first-order valence-electron chi connectivity index (χ1n) is 4.95. The van der Waals surface area contributed by atoms with Gasteiger partial charge in [-0.2, -0.15) is 0 Å². The summed E-state index contributed by atoms with van der Waals surface area (Å²) in [7, 11) is 0. The number of rotatable bonds is 5. The molecule has 0 bridgehead atoms. The van der Waals surface area contributed by atoms with Gasteiger partial charge < -0.3 is 0 Å². The SMILES string of the molecule is CCC(C)=CCCCC=C(C)C. The molecule has 0 unspecified atom stereocenters. The van der Waals surface area contributed by atoms with E-state index >= 15 is 0 Å². The average Bonchev–Trinajstić information content (AvgIpc) is 2.03. The first kappa shape index (κ1) is 11.5. The molecule has 0 heterocycles. The topological polar surface area (TPSA) is 0 Å². The minimum absolute atomic E-state index is 1.20. The average molecular weight is 166 g/mol. The van der Waals surface area contributed by atoms with Crippen LogP contribution >= 0.6 is 0 Å². The molecule has 0 aromatic carbocycles. The van der Waals surface area contributed by atoms with Crippen LogP contribution in [-0.2, 0) is 0 Å². The van der Waals surface area contributed by atoms with Crippen LogP contribution in [0.25, 0.3) is 0 Å². The van der Waals surface area contributed by atoms with Crippen LogP contribution in [0.3, 0.4) is 0 Å². The van der Waals surface area contributed by atoms with Crippen molar-refractivity contribution < 1.29 is 0 Å². The molecule has 0 N–H and O–H groups in total. The first-order valence-corrected chi connectivity index (χ1v) is 4.95. The lowest BCUT2D eigenvalue weighted by atomic mass is 10.1. The highest BCUT2D eigenvalue weighted by atomic mass is 13.9. The zero-order chi connectivity index (χ0) is 9.40. The second-order valence-corrected chi connectivity index (χ2v) is 3.62. The molecule has 0 saturated heterocycles. The van der Waals surface area contributed by atoms with Crippen molar-refractivity contribution >= 4 is 0 Å². The molecule has 0 aliphatic rings. The predicted molar refractivity (Wildman–Crippen MR) is 57.3 cm³/mol. The van der Waals surface area contributed by atoms with Gasteiger partial charge in [0.05, 0.1) is 0 Å². The molecule has 0 aliphatic carbocycles. The molecular weight excluding hydrogens is 144 g/mol. The van der Waals surface area contributed by atoms with Gasteiger partial charge in [0, 0.05) is 0 Å². The van der Waals surface area contributed by atoms with E-state index < -0.39 is 0 Å². The van der Waals surface area contributed by atoms with Crippen molar-refractivity contribution in [2.24, 2.45) is 0 Å². The Kier molecular flexibility index (Phi) is 6.84. The highest BCUT2D eigenvalue weighted by molar-refractivity contribution is 4.97. The third kappa shape index (κ3) is 7.59. The summed E-state index contributed by atoms with van der Waals surface area (Å²) in [5.41, 5.74) is 2.96. The number of hydrogen-bond donors (Lipinski definition) is 0. The smallest absolute Gasteiger partial charge is 0.0345 e. The zero-order valence-corrected chi connectivity index (χ0v) is 8.98. The van der Waals surface area contributed by atoms with E-state index in [2.05, 4.69) is 39.8 Å². The summed E-state index contributed by atoms with van der Waals surface area (Å²) >= 11 is 0. The normalized spacial score (nSPS) is 11.5. The van der Waals surface area contributed by atoms with E-state index in [9.17, 15) is 0 Å². The molecule has 12 heavy (non-hydrogen) atoms. The number of hydrogen-bond acceptors (Lipinski definition) is 0. The van der Waals surface area contributed by atoms with Crippen LogP contribution in [0, 0.1) is 0 Å². The minimum atomic E-state index is 1.20. The maximum absolute atomic E-state index is 2.36. The van der Waals surface area contributed by atoms with Crippen LogP contribution in [0.15, 0.2) is 23.3 Å². The van der Waals surface area contributed by atoms with Crippen molar-refractivity contribution in [2.45, 2.75) is 53.4 Å². The summed E-state index contributed by atoms with van der Waals surface area (Å²) in [6.07, 6.45) is 9.64. The number of unbranched alkanes of at least 4 members (excludes halogenated alkanes) is 2. The molecule has 0 fully saturated rings. The largest absolute Gasteiger partial charge is 0.0859 e. The van der Waals surface area contributed by atoms with Crippen molar-refractivity contribution in [3.63, 3.8) is 0 Å². The van der Waals surface area contributed by atoms with Gasteiger partial charge in [-0.3, -0.25) is 0 Å². The maximum atomic E-state index is 2.36. The van der Waals surface area contributed by atoms with E-state index in [1.165, 1.54) is 36.8 Å². The lowest BCUT2D eigenvalue weighted by molar-refractivity contribution is 0.851. The summed E-state index contributed by atoms with van der Waals surface area (Å²) in [4.78, 5) is 0. The predicted octanol–water partition coefficient (Wildman–Crippen LogP) is 4.48. The Labute approximate surface area is 77.4 Å². The summed E-state index contributed by atoms with van der Waals surface area (Å²) in [5, 5.41) is 0. The van der Waals surface area contributed by atoms with Crippen molar-refractivity contribution in [1.82, 2.24) is 0 Å². The lowest BCUT2D eigenvalue weighted by Gasteiger charge is -1.95. The highest BCUT2D eigenvalue weighted by Crippen LogP contribution is 2.05. The molecule has 0 rings (SSSR count). The standard InChI is InChI=1S/C12H22/c1-5-12(4)10-8-6-7-9-11(2)3/h9-10H,5-8H2,1-4H3. The summed E-state index contributed by atoms with van der Waals surface area (Å²) in [5.74, 6) is 0. The Morgan fingerprint density at radius 2 is 1.58 bits per heavy atom. The second-order valence-electron chi connectivity index (χ2n) is 3.62. The highest BCUT2D eigenvalue weighted by Gasteiger charge is 1.85. The van der Waals surface area contributed by atoms with Gasteiger partial charge in [0.25, 0.3) is 0 Å². The molecule has 0 radical (unpaired) electrons. The fraction of sp³-hybridized carbons (Fsp3) is 0.667. The van der Waals surface area contributed by atoms with E-state index in [0.717, 1.165) is 0 Å². The van der Waals surface area contributed by atoms with Crippen LogP contribution in [0.1, 0.15) is 53.4 Å². The van der Waals surface area contributed by atoms with Gasteiger partial charge in [0.15, 0.2) is 0 Å². The van der Waals surface area contributed by atoms with Crippen LogP contribution in [0.5, 0.6) is 0 Å². The number of allylic oxidation sites excluding steroid dienone is 4. The van der Waals surface area contributed by atoms with Gasteiger partial charge in [0.2, 0.25) is 0 Å². The molecule has 0 aromatic rings. The molecule has 0 atom stereocenters. The quantitative estimate of drug-likeness (QED) is 0.417. The maximum Gasteiger partial charge on any atom is -0.0345 e. The van der Waals surface area contributed by atoms with E-state index in [-0.39, 0.29) is 0 Å². The molecule has 0 saturated carbocycles.